The molecule has 1 saturated carbocycles. The number of aromatic nitrogens is 1. The molecule has 0 spiro atoms. The van der Waals surface area contributed by atoms with Gasteiger partial charge in [0, 0.05) is 49.0 Å². The van der Waals surface area contributed by atoms with Gasteiger partial charge in [-0.15, -0.1) is 35.3 Å². The third kappa shape index (κ3) is 7.14. The lowest BCUT2D eigenvalue weighted by Crippen LogP contribution is -2.47. The van der Waals surface area contributed by atoms with E-state index in [1.54, 1.807) is 7.05 Å². The Balaban J connectivity index is 0.00000320. The maximum atomic E-state index is 12.6. The van der Waals surface area contributed by atoms with Gasteiger partial charge in [0.2, 0.25) is 5.91 Å². The number of thioether (sulfide) groups is 1. The lowest BCUT2D eigenvalue weighted by atomic mass is 9.85. The van der Waals surface area contributed by atoms with Crippen molar-refractivity contribution in [3.8, 4) is 0 Å². The summed E-state index contributed by atoms with van der Waals surface area (Å²) in [4.78, 5) is 22.4. The Bertz CT molecular complexity index is 717. The van der Waals surface area contributed by atoms with Crippen LogP contribution in [0.2, 0.25) is 0 Å². The molecule has 0 bridgehead atoms. The minimum atomic E-state index is -4.42. The first-order valence-corrected chi connectivity index (χ1v) is 11.8. The predicted octanol–water partition coefficient (Wildman–Crippen LogP) is 3.58. The summed E-state index contributed by atoms with van der Waals surface area (Å²) in [7, 11) is 1.63. The number of carbonyl (C=O) groups is 1. The number of hydrogen-bond donors (Lipinski definition) is 2. The van der Waals surface area contributed by atoms with Crippen LogP contribution in [0.5, 0.6) is 0 Å². The minimum Gasteiger partial charge on any atom is -0.354 e. The van der Waals surface area contributed by atoms with Crippen molar-refractivity contribution in [3.63, 3.8) is 0 Å². The number of alkyl halides is 3. The summed E-state index contributed by atoms with van der Waals surface area (Å²) in [5.74, 6) is 2.97. The fraction of sp³-hybridized carbons (Fsp3) is 0.722. The molecule has 2 heterocycles. The zero-order chi connectivity index (χ0) is 20.9. The molecule has 2 fully saturated rings. The van der Waals surface area contributed by atoms with Crippen molar-refractivity contribution in [2.24, 2.45) is 10.9 Å². The van der Waals surface area contributed by atoms with Crippen molar-refractivity contribution in [1.29, 1.82) is 0 Å². The van der Waals surface area contributed by atoms with E-state index in [-0.39, 0.29) is 48.4 Å². The second-order valence-corrected chi connectivity index (χ2v) is 9.35. The maximum absolute atomic E-state index is 12.6. The molecule has 0 unspecified atom stereocenters. The van der Waals surface area contributed by atoms with Crippen molar-refractivity contribution in [3.05, 3.63) is 16.1 Å². The molecule has 0 aromatic carbocycles. The highest BCUT2D eigenvalue weighted by Gasteiger charge is 2.34. The number of thiazole rings is 1. The number of nitrogens with one attached hydrogen (secondary N) is 2. The zero-order valence-electron chi connectivity index (χ0n) is 16.7. The minimum absolute atomic E-state index is 0. The van der Waals surface area contributed by atoms with Crippen molar-refractivity contribution < 1.29 is 18.0 Å². The maximum Gasteiger partial charge on any atom is 0.434 e. The van der Waals surface area contributed by atoms with Gasteiger partial charge < -0.3 is 15.5 Å². The van der Waals surface area contributed by atoms with E-state index in [9.17, 15) is 18.0 Å². The quantitative estimate of drug-likeness (QED) is 0.326. The molecule has 2 aliphatic rings. The standard InChI is InChI=1S/C18H26F3N5OS2.HI/c1-22-17(23-10-15-25-14(11-29-15)18(19,20)21)24-13-4-2-12(3-5-13)16(27)26-6-8-28-9-7-26;/h11-13H,2-10H2,1H3,(H2,22,23,24);1H. The van der Waals surface area contributed by atoms with Crippen LogP contribution in [0.1, 0.15) is 36.4 Å². The Morgan fingerprint density at radius 3 is 2.50 bits per heavy atom. The highest BCUT2D eigenvalue weighted by Crippen LogP contribution is 2.30. The highest BCUT2D eigenvalue weighted by atomic mass is 127. The van der Waals surface area contributed by atoms with E-state index >= 15 is 0 Å². The topological polar surface area (TPSA) is 69.6 Å². The van der Waals surface area contributed by atoms with Crippen LogP contribution in [0, 0.1) is 5.92 Å². The SMILES string of the molecule is CN=C(NCc1nc(C(F)(F)F)cs1)NC1CCC(C(=O)N2CCSCC2)CC1.I. The van der Waals surface area contributed by atoms with Gasteiger partial charge in [0.15, 0.2) is 11.7 Å². The van der Waals surface area contributed by atoms with Gasteiger partial charge in [-0.2, -0.15) is 24.9 Å². The number of carbonyl (C=O) groups excluding carboxylic acids is 1. The normalized spacial score (nSPS) is 22.9. The molecule has 12 heteroatoms. The fourth-order valence-electron chi connectivity index (χ4n) is 3.60. The monoisotopic (exact) mass is 577 g/mol. The molecule has 1 amide bonds. The zero-order valence-corrected chi connectivity index (χ0v) is 20.7. The largest absolute Gasteiger partial charge is 0.434 e. The number of aliphatic imine (C=N–C) groups is 1. The molecule has 30 heavy (non-hydrogen) atoms. The summed E-state index contributed by atoms with van der Waals surface area (Å²) in [6.45, 7) is 1.89. The Labute approximate surface area is 199 Å². The second-order valence-electron chi connectivity index (χ2n) is 7.18. The molecule has 3 rings (SSSR count). The first kappa shape index (κ1) is 25.5. The highest BCUT2D eigenvalue weighted by molar-refractivity contribution is 14.0. The smallest absolute Gasteiger partial charge is 0.354 e. The molecule has 1 aromatic rings. The summed E-state index contributed by atoms with van der Waals surface area (Å²) in [5, 5.41) is 7.72. The first-order chi connectivity index (χ1) is 13.9. The number of rotatable bonds is 4. The molecular formula is C18H27F3IN5OS2. The Morgan fingerprint density at radius 1 is 1.27 bits per heavy atom. The van der Waals surface area contributed by atoms with Crippen LogP contribution in [0.25, 0.3) is 0 Å². The molecule has 1 aliphatic carbocycles. The van der Waals surface area contributed by atoms with Crippen molar-refractivity contribution in [2.75, 3.05) is 31.6 Å². The number of hydrogen-bond acceptors (Lipinski definition) is 5. The third-order valence-corrected chi connectivity index (χ3v) is 7.00. The summed E-state index contributed by atoms with van der Waals surface area (Å²) < 4.78 is 37.9. The van der Waals surface area contributed by atoms with Crippen LogP contribution in [0.15, 0.2) is 10.4 Å². The van der Waals surface area contributed by atoms with Crippen molar-refractivity contribution in [1.82, 2.24) is 20.5 Å². The number of amides is 1. The number of halogens is 4. The summed E-state index contributed by atoms with van der Waals surface area (Å²) >= 11 is 2.87. The van der Waals surface area contributed by atoms with Gasteiger partial charge in [-0.3, -0.25) is 9.79 Å². The van der Waals surface area contributed by atoms with E-state index in [4.69, 9.17) is 0 Å². The predicted molar refractivity (Wildman–Crippen MR) is 126 cm³/mol. The molecular weight excluding hydrogens is 550 g/mol. The number of nitrogens with zero attached hydrogens (tertiary/aromatic N) is 3. The van der Waals surface area contributed by atoms with Gasteiger partial charge >= 0.3 is 6.18 Å². The van der Waals surface area contributed by atoms with E-state index in [1.165, 1.54) is 0 Å². The van der Waals surface area contributed by atoms with Crippen LogP contribution in [0.4, 0.5) is 13.2 Å². The van der Waals surface area contributed by atoms with Gasteiger partial charge in [-0.1, -0.05) is 0 Å². The second kappa shape index (κ2) is 11.7. The van der Waals surface area contributed by atoms with Crippen LogP contribution in [0.3, 0.4) is 0 Å². The van der Waals surface area contributed by atoms with Gasteiger partial charge in [0.05, 0.1) is 6.54 Å². The third-order valence-electron chi connectivity index (χ3n) is 5.21. The lowest BCUT2D eigenvalue weighted by molar-refractivity contribution is -0.140. The molecule has 6 nitrogen and oxygen atoms in total. The summed E-state index contributed by atoms with van der Waals surface area (Å²) in [6, 6.07) is 0.198. The van der Waals surface area contributed by atoms with Crippen molar-refractivity contribution in [2.45, 2.75) is 44.4 Å². The number of guanidine groups is 1. The molecule has 0 radical (unpaired) electrons. The fourth-order valence-corrected chi connectivity index (χ4v) is 5.24. The van der Waals surface area contributed by atoms with Gasteiger partial charge in [0.1, 0.15) is 5.01 Å². The Kier molecular flexibility index (Phi) is 9.98. The molecule has 1 saturated heterocycles. The van der Waals surface area contributed by atoms with Gasteiger partial charge in [-0.25, -0.2) is 4.98 Å². The average molecular weight is 577 g/mol. The molecule has 170 valence electrons. The van der Waals surface area contributed by atoms with Gasteiger partial charge in [-0.05, 0) is 25.7 Å². The first-order valence-electron chi connectivity index (χ1n) is 9.72. The molecule has 1 aromatic heterocycles. The van der Waals surface area contributed by atoms with Crippen LogP contribution < -0.4 is 10.6 Å². The molecule has 1 aliphatic heterocycles. The van der Waals surface area contributed by atoms with Crippen LogP contribution in [-0.4, -0.2) is 59.4 Å². The van der Waals surface area contributed by atoms with E-state index in [2.05, 4.69) is 20.6 Å². The van der Waals surface area contributed by atoms with Gasteiger partial charge in [0.25, 0.3) is 0 Å². The average Bonchev–Trinajstić information content (AvgIpc) is 3.21. The van der Waals surface area contributed by atoms with Crippen LogP contribution in [-0.2, 0) is 17.5 Å². The summed E-state index contributed by atoms with van der Waals surface area (Å²) in [6.07, 6.45) is -0.987. The molecule has 0 atom stereocenters. The van der Waals surface area contributed by atoms with E-state index in [0.717, 1.165) is 67.0 Å². The lowest BCUT2D eigenvalue weighted by Gasteiger charge is -2.34. The Morgan fingerprint density at radius 2 is 1.93 bits per heavy atom. The Hall–Kier alpha value is -0.760. The van der Waals surface area contributed by atoms with E-state index in [1.807, 2.05) is 16.7 Å². The van der Waals surface area contributed by atoms with Crippen LogP contribution >= 0.6 is 47.1 Å². The van der Waals surface area contributed by atoms with E-state index in [0.29, 0.717) is 11.0 Å². The summed E-state index contributed by atoms with van der Waals surface area (Å²) in [5.41, 5.74) is -0.863. The molecule has 2 N–H and O–H groups in total. The van der Waals surface area contributed by atoms with Crippen molar-refractivity contribution >= 4 is 58.9 Å². The van der Waals surface area contributed by atoms with E-state index < -0.39 is 11.9 Å².